The van der Waals surface area contributed by atoms with Gasteiger partial charge in [0.2, 0.25) is 0 Å². The highest BCUT2D eigenvalue weighted by atomic mass is 16.6. The summed E-state index contributed by atoms with van der Waals surface area (Å²) in [6.07, 6.45) is 1.12. The molecule has 0 saturated carbocycles. The van der Waals surface area contributed by atoms with E-state index < -0.39 is 0 Å². The molecule has 0 unspecified atom stereocenters. The first-order valence-electron chi connectivity index (χ1n) is 6.77. The lowest BCUT2D eigenvalue weighted by Gasteiger charge is -2.34. The molecule has 1 aromatic heterocycles. The summed E-state index contributed by atoms with van der Waals surface area (Å²) in [4.78, 5) is 33.4. The van der Waals surface area contributed by atoms with Crippen molar-refractivity contribution in [3.8, 4) is 0 Å². The number of aromatic nitrogens is 2. The largest absolute Gasteiger partial charge is 0.449 e. The standard InChI is InChI=1S/C13H20N4O3/c1-10(2)8-20-13(19)17-5-3-16(4-6-17)11-7-12(18)15-9-14-11/h7,9-10H,3-6,8H2,1-2H3,(H,14,15,18). The zero-order valence-electron chi connectivity index (χ0n) is 11.8. The van der Waals surface area contributed by atoms with E-state index in [1.165, 1.54) is 12.4 Å². The highest BCUT2D eigenvalue weighted by Crippen LogP contribution is 2.11. The Labute approximate surface area is 117 Å². The van der Waals surface area contributed by atoms with Gasteiger partial charge in [-0.15, -0.1) is 0 Å². The van der Waals surface area contributed by atoms with E-state index in [1.807, 2.05) is 18.7 Å². The van der Waals surface area contributed by atoms with Gasteiger partial charge < -0.3 is 19.5 Å². The van der Waals surface area contributed by atoms with Crippen molar-refractivity contribution in [2.75, 3.05) is 37.7 Å². The smallest absolute Gasteiger partial charge is 0.409 e. The van der Waals surface area contributed by atoms with Crippen molar-refractivity contribution < 1.29 is 9.53 Å². The lowest BCUT2D eigenvalue weighted by atomic mass is 10.2. The average Bonchev–Trinajstić information content (AvgIpc) is 2.45. The molecule has 1 N–H and O–H groups in total. The summed E-state index contributed by atoms with van der Waals surface area (Å²) in [5, 5.41) is 0. The molecule has 1 aliphatic heterocycles. The highest BCUT2D eigenvalue weighted by Gasteiger charge is 2.23. The van der Waals surface area contributed by atoms with Crippen LogP contribution in [0.1, 0.15) is 13.8 Å². The summed E-state index contributed by atoms with van der Waals surface area (Å²) >= 11 is 0. The third-order valence-corrected chi connectivity index (χ3v) is 3.07. The Bertz CT molecular complexity index is 506. The Kier molecular flexibility index (Phi) is 4.60. The molecule has 1 aromatic rings. The summed E-state index contributed by atoms with van der Waals surface area (Å²) in [6, 6.07) is 1.47. The molecule has 0 radical (unpaired) electrons. The van der Waals surface area contributed by atoms with Crippen molar-refractivity contribution in [3.63, 3.8) is 0 Å². The van der Waals surface area contributed by atoms with Gasteiger partial charge in [0.25, 0.3) is 5.56 Å². The molecular formula is C13H20N4O3. The Balaban J connectivity index is 1.86. The molecule has 1 saturated heterocycles. The minimum absolute atomic E-state index is 0.172. The van der Waals surface area contributed by atoms with Crippen molar-refractivity contribution in [3.05, 3.63) is 22.7 Å². The predicted octanol–water partition coefficient (Wildman–Crippen LogP) is 0.684. The molecule has 0 aromatic carbocycles. The molecule has 2 heterocycles. The van der Waals surface area contributed by atoms with Gasteiger partial charge in [0.05, 0.1) is 12.9 Å². The number of nitrogens with one attached hydrogen (secondary N) is 1. The molecule has 0 spiro atoms. The molecule has 7 nitrogen and oxygen atoms in total. The van der Waals surface area contributed by atoms with Crippen LogP contribution in [0.5, 0.6) is 0 Å². The third-order valence-electron chi connectivity index (χ3n) is 3.07. The van der Waals surface area contributed by atoms with Crippen LogP contribution in [0.3, 0.4) is 0 Å². The van der Waals surface area contributed by atoms with Gasteiger partial charge in [0.15, 0.2) is 0 Å². The Morgan fingerprint density at radius 3 is 2.70 bits per heavy atom. The zero-order valence-corrected chi connectivity index (χ0v) is 11.8. The van der Waals surface area contributed by atoms with Crippen LogP contribution in [0.4, 0.5) is 10.6 Å². The first-order valence-corrected chi connectivity index (χ1v) is 6.77. The van der Waals surface area contributed by atoms with Crippen molar-refractivity contribution in [2.24, 2.45) is 5.92 Å². The Morgan fingerprint density at radius 2 is 2.10 bits per heavy atom. The van der Waals surface area contributed by atoms with E-state index in [1.54, 1.807) is 4.90 Å². The number of rotatable bonds is 3. The number of hydrogen-bond donors (Lipinski definition) is 1. The maximum atomic E-state index is 11.8. The van der Waals surface area contributed by atoms with Crippen LogP contribution in [0.15, 0.2) is 17.2 Å². The summed E-state index contributed by atoms with van der Waals surface area (Å²) in [5.74, 6) is 0.976. The molecule has 1 aliphatic rings. The molecule has 1 fully saturated rings. The van der Waals surface area contributed by atoms with E-state index in [0.29, 0.717) is 44.5 Å². The van der Waals surface area contributed by atoms with Crippen molar-refractivity contribution in [2.45, 2.75) is 13.8 Å². The van der Waals surface area contributed by atoms with Crippen molar-refractivity contribution in [1.82, 2.24) is 14.9 Å². The van der Waals surface area contributed by atoms with E-state index in [0.717, 1.165) is 0 Å². The number of carbonyl (C=O) groups excluding carboxylic acids is 1. The van der Waals surface area contributed by atoms with E-state index in [4.69, 9.17) is 4.74 Å². The number of H-pyrrole nitrogens is 1. The maximum Gasteiger partial charge on any atom is 0.409 e. The molecule has 7 heteroatoms. The van der Waals surface area contributed by atoms with Gasteiger partial charge in [0.1, 0.15) is 5.82 Å². The fourth-order valence-electron chi connectivity index (χ4n) is 1.98. The van der Waals surface area contributed by atoms with Crippen molar-refractivity contribution in [1.29, 1.82) is 0 Å². The molecule has 0 bridgehead atoms. The molecule has 2 rings (SSSR count). The molecule has 0 atom stereocenters. The number of hydrogen-bond acceptors (Lipinski definition) is 5. The number of nitrogens with zero attached hydrogens (tertiary/aromatic N) is 3. The summed E-state index contributed by atoms with van der Waals surface area (Å²) in [6.45, 7) is 6.89. The predicted molar refractivity (Wildman–Crippen MR) is 74.8 cm³/mol. The van der Waals surface area contributed by atoms with Gasteiger partial charge in [-0.1, -0.05) is 13.8 Å². The first kappa shape index (κ1) is 14.4. The number of ether oxygens (including phenoxy) is 1. The molecule has 20 heavy (non-hydrogen) atoms. The fourth-order valence-corrected chi connectivity index (χ4v) is 1.98. The third kappa shape index (κ3) is 3.72. The van der Waals surface area contributed by atoms with Gasteiger partial charge in [-0.3, -0.25) is 4.79 Å². The summed E-state index contributed by atoms with van der Waals surface area (Å²) < 4.78 is 5.20. The van der Waals surface area contributed by atoms with E-state index in [9.17, 15) is 9.59 Å². The van der Waals surface area contributed by atoms with Crippen LogP contribution in [0.2, 0.25) is 0 Å². The van der Waals surface area contributed by atoms with Crippen LogP contribution in [-0.4, -0.2) is 53.7 Å². The topological polar surface area (TPSA) is 78.5 Å². The van der Waals surface area contributed by atoms with Gasteiger partial charge in [-0.05, 0) is 5.92 Å². The second-order valence-electron chi connectivity index (χ2n) is 5.21. The van der Waals surface area contributed by atoms with Crippen LogP contribution in [0, 0.1) is 5.92 Å². The van der Waals surface area contributed by atoms with Crippen molar-refractivity contribution >= 4 is 11.9 Å². The second-order valence-corrected chi connectivity index (χ2v) is 5.21. The molecule has 1 amide bonds. The zero-order chi connectivity index (χ0) is 14.5. The Morgan fingerprint density at radius 1 is 1.40 bits per heavy atom. The Hall–Kier alpha value is -2.05. The van der Waals surface area contributed by atoms with Gasteiger partial charge in [0, 0.05) is 32.2 Å². The van der Waals surface area contributed by atoms with Gasteiger partial charge in [-0.2, -0.15) is 0 Å². The molecule has 0 aliphatic carbocycles. The quantitative estimate of drug-likeness (QED) is 0.881. The normalized spacial score (nSPS) is 15.6. The van der Waals surface area contributed by atoms with E-state index in [2.05, 4.69) is 9.97 Å². The average molecular weight is 280 g/mol. The number of carbonyl (C=O) groups is 1. The fraction of sp³-hybridized carbons (Fsp3) is 0.615. The maximum absolute atomic E-state index is 11.8. The number of piperazine rings is 1. The molecule has 110 valence electrons. The minimum atomic E-state index is -0.266. The van der Waals surface area contributed by atoms with Crippen LogP contribution in [0.25, 0.3) is 0 Å². The number of aromatic amines is 1. The molecular weight excluding hydrogens is 260 g/mol. The number of anilines is 1. The van der Waals surface area contributed by atoms with Gasteiger partial charge in [-0.25, -0.2) is 9.78 Å². The first-order chi connectivity index (χ1) is 9.56. The van der Waals surface area contributed by atoms with Crippen LogP contribution in [-0.2, 0) is 4.74 Å². The van der Waals surface area contributed by atoms with Crippen LogP contribution < -0.4 is 10.5 Å². The highest BCUT2D eigenvalue weighted by molar-refractivity contribution is 5.68. The van der Waals surface area contributed by atoms with Crippen LogP contribution >= 0.6 is 0 Å². The second kappa shape index (κ2) is 6.40. The lowest BCUT2D eigenvalue weighted by molar-refractivity contribution is 0.0901. The monoisotopic (exact) mass is 280 g/mol. The van der Waals surface area contributed by atoms with E-state index in [-0.39, 0.29) is 11.7 Å². The lowest BCUT2D eigenvalue weighted by Crippen LogP contribution is -2.49. The number of amides is 1. The van der Waals surface area contributed by atoms with E-state index >= 15 is 0 Å². The van der Waals surface area contributed by atoms with Gasteiger partial charge >= 0.3 is 6.09 Å². The SMILES string of the molecule is CC(C)COC(=O)N1CCN(c2cc(=O)[nH]cn2)CC1. The summed E-state index contributed by atoms with van der Waals surface area (Å²) in [7, 11) is 0. The summed E-state index contributed by atoms with van der Waals surface area (Å²) in [5.41, 5.74) is -0.172. The minimum Gasteiger partial charge on any atom is -0.449 e.